The minimum atomic E-state index is 0.514. The molecule has 1 saturated heterocycles. The van der Waals surface area contributed by atoms with Gasteiger partial charge in [0.2, 0.25) is 0 Å². The van der Waals surface area contributed by atoms with Gasteiger partial charge in [-0.1, -0.05) is 6.42 Å². The molecule has 0 amide bonds. The Morgan fingerprint density at radius 1 is 1.36 bits per heavy atom. The predicted octanol–water partition coefficient (Wildman–Crippen LogP) is 2.43. The molecular formula is C9H15ClO. The maximum atomic E-state index is 5.77. The van der Waals surface area contributed by atoms with Gasteiger partial charge in [-0.25, -0.2) is 0 Å². The average molecular weight is 175 g/mol. The van der Waals surface area contributed by atoms with Crippen LogP contribution in [0, 0.1) is 11.3 Å². The van der Waals surface area contributed by atoms with Gasteiger partial charge in [0.1, 0.15) is 0 Å². The Morgan fingerprint density at radius 2 is 2.09 bits per heavy atom. The van der Waals surface area contributed by atoms with E-state index in [1.165, 1.54) is 25.7 Å². The normalized spacial score (nSPS) is 29.2. The van der Waals surface area contributed by atoms with Crippen molar-refractivity contribution in [3.8, 4) is 0 Å². The fraction of sp³-hybridized carbons (Fsp3) is 1.00. The molecular weight excluding hydrogens is 160 g/mol. The fourth-order valence-electron chi connectivity index (χ4n) is 2.16. The number of rotatable bonds is 3. The Balaban J connectivity index is 1.92. The molecule has 0 aromatic carbocycles. The monoisotopic (exact) mass is 174 g/mol. The third kappa shape index (κ3) is 1.19. The summed E-state index contributed by atoms with van der Waals surface area (Å²) in [5.74, 6) is 1.75. The SMILES string of the molecule is ClCCC1(C2CCC2)COC1. The van der Waals surface area contributed by atoms with Crippen LogP contribution >= 0.6 is 11.6 Å². The molecule has 2 aliphatic rings. The molecule has 1 aliphatic carbocycles. The summed E-state index contributed by atoms with van der Waals surface area (Å²) in [5, 5.41) is 0. The maximum absolute atomic E-state index is 5.77. The van der Waals surface area contributed by atoms with Gasteiger partial charge in [-0.05, 0) is 25.2 Å². The summed E-state index contributed by atoms with van der Waals surface area (Å²) in [6, 6.07) is 0. The van der Waals surface area contributed by atoms with Crippen LogP contribution in [0.5, 0.6) is 0 Å². The number of hydrogen-bond acceptors (Lipinski definition) is 1. The molecule has 0 bridgehead atoms. The second-order valence-corrected chi connectivity index (χ2v) is 4.30. The highest BCUT2D eigenvalue weighted by atomic mass is 35.5. The Labute approximate surface area is 73.1 Å². The van der Waals surface area contributed by atoms with Gasteiger partial charge in [-0.2, -0.15) is 0 Å². The van der Waals surface area contributed by atoms with Crippen LogP contribution in [0.3, 0.4) is 0 Å². The highest BCUT2D eigenvalue weighted by molar-refractivity contribution is 6.17. The van der Waals surface area contributed by atoms with Gasteiger partial charge >= 0.3 is 0 Å². The van der Waals surface area contributed by atoms with E-state index in [4.69, 9.17) is 16.3 Å². The lowest BCUT2D eigenvalue weighted by molar-refractivity contribution is -0.163. The van der Waals surface area contributed by atoms with Crippen molar-refractivity contribution in [2.75, 3.05) is 19.1 Å². The van der Waals surface area contributed by atoms with Crippen molar-refractivity contribution in [1.29, 1.82) is 0 Å². The summed E-state index contributed by atoms with van der Waals surface area (Å²) in [7, 11) is 0. The summed E-state index contributed by atoms with van der Waals surface area (Å²) < 4.78 is 5.29. The number of ether oxygens (including phenoxy) is 1. The van der Waals surface area contributed by atoms with E-state index in [-0.39, 0.29) is 0 Å². The molecule has 0 aromatic heterocycles. The van der Waals surface area contributed by atoms with Crippen molar-refractivity contribution in [2.24, 2.45) is 11.3 Å². The van der Waals surface area contributed by atoms with Crippen molar-refractivity contribution in [2.45, 2.75) is 25.7 Å². The van der Waals surface area contributed by atoms with Gasteiger partial charge in [-0.15, -0.1) is 11.6 Å². The van der Waals surface area contributed by atoms with Crippen LogP contribution in [0.4, 0.5) is 0 Å². The van der Waals surface area contributed by atoms with Crippen molar-refractivity contribution in [3.05, 3.63) is 0 Å². The fourth-order valence-corrected chi connectivity index (χ4v) is 2.53. The molecule has 0 radical (unpaired) electrons. The van der Waals surface area contributed by atoms with Gasteiger partial charge in [0.25, 0.3) is 0 Å². The molecule has 1 nitrogen and oxygen atoms in total. The molecule has 0 atom stereocenters. The first-order chi connectivity index (χ1) is 5.37. The maximum Gasteiger partial charge on any atom is 0.0547 e. The van der Waals surface area contributed by atoms with E-state index in [1.54, 1.807) is 0 Å². The largest absolute Gasteiger partial charge is 0.380 e. The highest BCUT2D eigenvalue weighted by Gasteiger charge is 2.46. The molecule has 0 aromatic rings. The van der Waals surface area contributed by atoms with E-state index >= 15 is 0 Å². The highest BCUT2D eigenvalue weighted by Crippen LogP contribution is 2.48. The van der Waals surface area contributed by atoms with Crippen molar-refractivity contribution < 1.29 is 4.74 Å². The zero-order chi connectivity index (χ0) is 7.73. The summed E-state index contributed by atoms with van der Waals surface area (Å²) in [4.78, 5) is 0. The molecule has 1 heterocycles. The van der Waals surface area contributed by atoms with Gasteiger partial charge < -0.3 is 4.74 Å². The van der Waals surface area contributed by atoms with Crippen molar-refractivity contribution in [3.63, 3.8) is 0 Å². The molecule has 0 spiro atoms. The first-order valence-electron chi connectivity index (χ1n) is 4.51. The number of alkyl halides is 1. The summed E-state index contributed by atoms with van der Waals surface area (Å²) in [5.41, 5.74) is 0.514. The van der Waals surface area contributed by atoms with E-state index in [2.05, 4.69) is 0 Å². The Morgan fingerprint density at radius 3 is 2.36 bits per heavy atom. The lowest BCUT2D eigenvalue weighted by Gasteiger charge is -2.51. The van der Waals surface area contributed by atoms with E-state index in [0.717, 1.165) is 25.0 Å². The van der Waals surface area contributed by atoms with E-state index in [1.807, 2.05) is 0 Å². The molecule has 64 valence electrons. The second-order valence-electron chi connectivity index (χ2n) is 3.92. The first-order valence-corrected chi connectivity index (χ1v) is 5.04. The topological polar surface area (TPSA) is 9.23 Å². The third-order valence-electron chi connectivity index (χ3n) is 3.34. The van der Waals surface area contributed by atoms with Crippen LogP contribution in [0.1, 0.15) is 25.7 Å². The minimum absolute atomic E-state index is 0.514. The Hall–Kier alpha value is 0.250. The van der Waals surface area contributed by atoms with Gasteiger partial charge in [0.05, 0.1) is 13.2 Å². The smallest absolute Gasteiger partial charge is 0.0547 e. The quantitative estimate of drug-likeness (QED) is 0.598. The molecule has 0 unspecified atom stereocenters. The van der Waals surface area contributed by atoms with Crippen LogP contribution in [-0.4, -0.2) is 19.1 Å². The van der Waals surface area contributed by atoms with Crippen LogP contribution in [-0.2, 0) is 4.74 Å². The Kier molecular flexibility index (Phi) is 2.11. The molecule has 2 rings (SSSR count). The van der Waals surface area contributed by atoms with Crippen molar-refractivity contribution in [1.82, 2.24) is 0 Å². The average Bonchev–Trinajstić information content (AvgIpc) is 1.79. The Bertz CT molecular complexity index is 138. The zero-order valence-electron chi connectivity index (χ0n) is 6.81. The van der Waals surface area contributed by atoms with Gasteiger partial charge in [0.15, 0.2) is 0 Å². The molecule has 11 heavy (non-hydrogen) atoms. The lowest BCUT2D eigenvalue weighted by Crippen LogP contribution is -2.50. The van der Waals surface area contributed by atoms with E-state index < -0.39 is 0 Å². The van der Waals surface area contributed by atoms with Crippen LogP contribution in [0.15, 0.2) is 0 Å². The summed E-state index contributed by atoms with van der Waals surface area (Å²) in [6.45, 7) is 1.95. The van der Waals surface area contributed by atoms with E-state index in [0.29, 0.717) is 5.41 Å². The standard InChI is InChI=1S/C9H15ClO/c10-5-4-9(6-11-7-9)8-2-1-3-8/h8H,1-7H2. The summed E-state index contributed by atoms with van der Waals surface area (Å²) in [6.07, 6.45) is 5.43. The van der Waals surface area contributed by atoms with Gasteiger partial charge in [-0.3, -0.25) is 0 Å². The van der Waals surface area contributed by atoms with Crippen LogP contribution in [0.2, 0.25) is 0 Å². The molecule has 1 aliphatic heterocycles. The zero-order valence-corrected chi connectivity index (χ0v) is 7.57. The van der Waals surface area contributed by atoms with Crippen LogP contribution in [0.25, 0.3) is 0 Å². The molecule has 0 N–H and O–H groups in total. The molecule has 2 fully saturated rings. The first kappa shape index (κ1) is 7.88. The van der Waals surface area contributed by atoms with Gasteiger partial charge in [0, 0.05) is 11.3 Å². The molecule has 2 heteroatoms. The number of hydrogen-bond donors (Lipinski definition) is 0. The summed E-state index contributed by atoms with van der Waals surface area (Å²) >= 11 is 5.77. The molecule has 1 saturated carbocycles. The van der Waals surface area contributed by atoms with Crippen LogP contribution < -0.4 is 0 Å². The second kappa shape index (κ2) is 2.95. The predicted molar refractivity (Wildman–Crippen MR) is 45.9 cm³/mol. The minimum Gasteiger partial charge on any atom is -0.380 e. The third-order valence-corrected chi connectivity index (χ3v) is 3.53. The lowest BCUT2D eigenvalue weighted by atomic mass is 9.63. The number of halogens is 1. The van der Waals surface area contributed by atoms with E-state index in [9.17, 15) is 0 Å². The van der Waals surface area contributed by atoms with Crippen molar-refractivity contribution >= 4 is 11.6 Å².